The fourth-order valence-electron chi connectivity index (χ4n) is 2.83. The van der Waals surface area contributed by atoms with Crippen molar-refractivity contribution >= 4 is 16.1 Å². The first-order valence-corrected chi connectivity index (χ1v) is 9.00. The molecule has 2 aliphatic rings. The summed E-state index contributed by atoms with van der Waals surface area (Å²) in [6, 6.07) is 0. The number of hydrogen-bond acceptors (Lipinski definition) is 4. The van der Waals surface area contributed by atoms with Crippen molar-refractivity contribution in [3.8, 4) is 0 Å². The van der Waals surface area contributed by atoms with E-state index in [2.05, 4.69) is 4.72 Å². The number of nitrogens with one attached hydrogen (secondary N) is 1. The molecule has 0 aromatic heterocycles. The van der Waals surface area contributed by atoms with E-state index < -0.39 is 10.2 Å². The largest absolute Gasteiger partial charge is 0.373 e. The first-order valence-electron chi connectivity index (χ1n) is 7.56. The van der Waals surface area contributed by atoms with Gasteiger partial charge in [0.2, 0.25) is 5.91 Å². The molecule has 1 amide bonds. The Bertz CT molecular complexity index is 452. The van der Waals surface area contributed by atoms with Crippen LogP contribution >= 0.6 is 0 Å². The van der Waals surface area contributed by atoms with Crippen molar-refractivity contribution in [1.29, 1.82) is 0 Å². The fourth-order valence-corrected chi connectivity index (χ4v) is 4.13. The Balaban J connectivity index is 1.87. The van der Waals surface area contributed by atoms with Gasteiger partial charge in [0.05, 0.1) is 18.8 Å². The van der Waals surface area contributed by atoms with Gasteiger partial charge in [-0.1, -0.05) is 0 Å². The van der Waals surface area contributed by atoms with Crippen molar-refractivity contribution in [2.24, 2.45) is 0 Å². The quantitative estimate of drug-likeness (QED) is 0.787. The average Bonchev–Trinajstić information content (AvgIpc) is 2.45. The molecule has 122 valence electrons. The van der Waals surface area contributed by atoms with Crippen molar-refractivity contribution in [3.05, 3.63) is 0 Å². The van der Waals surface area contributed by atoms with Crippen molar-refractivity contribution < 1.29 is 17.9 Å². The molecule has 7 nitrogen and oxygen atoms in total. The summed E-state index contributed by atoms with van der Waals surface area (Å²) in [4.78, 5) is 13.7. The highest BCUT2D eigenvalue weighted by Crippen LogP contribution is 2.13. The van der Waals surface area contributed by atoms with E-state index in [0.29, 0.717) is 13.1 Å². The van der Waals surface area contributed by atoms with Crippen LogP contribution in [0.15, 0.2) is 0 Å². The molecule has 21 heavy (non-hydrogen) atoms. The summed E-state index contributed by atoms with van der Waals surface area (Å²) in [5.41, 5.74) is 0. The minimum Gasteiger partial charge on any atom is -0.373 e. The van der Waals surface area contributed by atoms with Crippen molar-refractivity contribution in [1.82, 2.24) is 13.9 Å². The molecule has 0 aromatic rings. The fraction of sp³-hybridized carbons (Fsp3) is 0.923. The van der Waals surface area contributed by atoms with Crippen LogP contribution < -0.4 is 4.72 Å². The number of nitrogens with zero attached hydrogens (tertiary/aromatic N) is 2. The van der Waals surface area contributed by atoms with Crippen LogP contribution in [-0.2, 0) is 19.7 Å². The zero-order valence-corrected chi connectivity index (χ0v) is 13.6. The SMILES string of the molecule is C[C@H]1CN(S(=O)(=O)NCC(=O)N2CCCCC2)C[C@H](C)O1. The van der Waals surface area contributed by atoms with Gasteiger partial charge in [0.1, 0.15) is 0 Å². The van der Waals surface area contributed by atoms with Crippen LogP contribution in [0.3, 0.4) is 0 Å². The predicted octanol–water partition coefficient (Wildman–Crippen LogP) is -0.0575. The van der Waals surface area contributed by atoms with E-state index in [0.717, 1.165) is 32.4 Å². The molecule has 2 heterocycles. The van der Waals surface area contributed by atoms with E-state index in [1.165, 1.54) is 4.31 Å². The molecule has 8 heteroatoms. The van der Waals surface area contributed by atoms with Gasteiger partial charge >= 0.3 is 0 Å². The van der Waals surface area contributed by atoms with Crippen LogP contribution in [0, 0.1) is 0 Å². The Labute approximate surface area is 126 Å². The third-order valence-corrected chi connectivity index (χ3v) is 5.33. The Morgan fingerprint density at radius 1 is 1.14 bits per heavy atom. The molecule has 0 aliphatic carbocycles. The molecule has 2 atom stereocenters. The second kappa shape index (κ2) is 7.04. The first kappa shape index (κ1) is 16.7. The molecule has 2 aliphatic heterocycles. The maximum atomic E-state index is 12.3. The molecule has 1 N–H and O–H groups in total. The van der Waals surface area contributed by atoms with Crippen molar-refractivity contribution in [2.45, 2.75) is 45.3 Å². The number of hydrogen-bond donors (Lipinski definition) is 1. The van der Waals surface area contributed by atoms with Crippen LogP contribution in [0.1, 0.15) is 33.1 Å². The van der Waals surface area contributed by atoms with Gasteiger partial charge in [-0.2, -0.15) is 17.4 Å². The van der Waals surface area contributed by atoms with Crippen LogP contribution in [0.5, 0.6) is 0 Å². The van der Waals surface area contributed by atoms with Crippen LogP contribution in [-0.4, -0.2) is 68.5 Å². The van der Waals surface area contributed by atoms with Crippen LogP contribution in [0.25, 0.3) is 0 Å². The second-order valence-electron chi connectivity index (χ2n) is 5.84. The molecule has 2 fully saturated rings. The third-order valence-electron chi connectivity index (χ3n) is 3.84. The monoisotopic (exact) mass is 319 g/mol. The molecule has 0 saturated carbocycles. The smallest absolute Gasteiger partial charge is 0.280 e. The number of likely N-dealkylation sites (tertiary alicyclic amines) is 1. The summed E-state index contributed by atoms with van der Waals surface area (Å²) in [7, 11) is -3.63. The number of carbonyl (C=O) groups is 1. The van der Waals surface area contributed by atoms with Gasteiger partial charge in [-0.25, -0.2) is 0 Å². The first-order chi connectivity index (χ1) is 9.88. The van der Waals surface area contributed by atoms with E-state index in [1.807, 2.05) is 13.8 Å². The summed E-state index contributed by atoms with van der Waals surface area (Å²) in [6.45, 7) is 5.62. The van der Waals surface area contributed by atoms with Crippen molar-refractivity contribution in [2.75, 3.05) is 32.7 Å². The standard InChI is InChI=1S/C13H25N3O4S/c1-11-9-16(10-12(2)20-11)21(18,19)14-8-13(17)15-6-4-3-5-7-15/h11-12,14H,3-10H2,1-2H3/t11-,12-/m0/s1. The van der Waals surface area contributed by atoms with Gasteiger partial charge in [-0.15, -0.1) is 0 Å². The molecule has 0 unspecified atom stereocenters. The van der Waals surface area contributed by atoms with Gasteiger partial charge in [-0.05, 0) is 33.1 Å². The van der Waals surface area contributed by atoms with E-state index in [-0.39, 0.29) is 24.7 Å². The van der Waals surface area contributed by atoms with Gasteiger partial charge in [0.15, 0.2) is 0 Å². The molecule has 0 aromatic carbocycles. The second-order valence-corrected chi connectivity index (χ2v) is 7.60. The highest BCUT2D eigenvalue weighted by atomic mass is 32.2. The minimum absolute atomic E-state index is 0.136. The molecular weight excluding hydrogens is 294 g/mol. The average molecular weight is 319 g/mol. The lowest BCUT2D eigenvalue weighted by Gasteiger charge is -2.34. The number of piperidine rings is 1. The van der Waals surface area contributed by atoms with Gasteiger partial charge in [0.25, 0.3) is 10.2 Å². The lowest BCUT2D eigenvalue weighted by atomic mass is 10.1. The number of ether oxygens (including phenoxy) is 1. The van der Waals surface area contributed by atoms with Crippen molar-refractivity contribution in [3.63, 3.8) is 0 Å². The predicted molar refractivity (Wildman–Crippen MR) is 78.9 cm³/mol. The Morgan fingerprint density at radius 3 is 2.29 bits per heavy atom. The van der Waals surface area contributed by atoms with E-state index in [9.17, 15) is 13.2 Å². The van der Waals surface area contributed by atoms with E-state index in [1.54, 1.807) is 4.90 Å². The summed E-state index contributed by atoms with van der Waals surface area (Å²) in [6.07, 6.45) is 2.86. The third kappa shape index (κ3) is 4.64. The van der Waals surface area contributed by atoms with Gasteiger partial charge in [-0.3, -0.25) is 4.79 Å². The summed E-state index contributed by atoms with van der Waals surface area (Å²) in [5.74, 6) is -0.146. The zero-order chi connectivity index (χ0) is 15.5. The molecule has 0 radical (unpaired) electrons. The highest BCUT2D eigenvalue weighted by Gasteiger charge is 2.31. The Kier molecular flexibility index (Phi) is 5.59. The highest BCUT2D eigenvalue weighted by molar-refractivity contribution is 7.87. The van der Waals surface area contributed by atoms with E-state index >= 15 is 0 Å². The maximum absolute atomic E-state index is 12.3. The van der Waals surface area contributed by atoms with Gasteiger partial charge < -0.3 is 9.64 Å². The summed E-state index contributed by atoms with van der Waals surface area (Å²) >= 11 is 0. The molecule has 2 rings (SSSR count). The van der Waals surface area contributed by atoms with Gasteiger partial charge in [0, 0.05) is 26.2 Å². The number of morpholine rings is 1. The lowest BCUT2D eigenvalue weighted by molar-refractivity contribution is -0.130. The molecule has 0 bridgehead atoms. The number of rotatable bonds is 4. The normalized spacial score (nSPS) is 28.6. The lowest BCUT2D eigenvalue weighted by Crippen LogP contribution is -2.53. The topological polar surface area (TPSA) is 79.0 Å². The zero-order valence-electron chi connectivity index (χ0n) is 12.7. The maximum Gasteiger partial charge on any atom is 0.280 e. The van der Waals surface area contributed by atoms with E-state index in [4.69, 9.17) is 4.74 Å². The molecule has 2 saturated heterocycles. The number of amides is 1. The number of carbonyl (C=O) groups excluding carboxylic acids is 1. The van der Waals surface area contributed by atoms with Crippen LogP contribution in [0.4, 0.5) is 0 Å². The molecular formula is C13H25N3O4S. The Hall–Kier alpha value is -0.700. The molecule has 0 spiro atoms. The minimum atomic E-state index is -3.63. The Morgan fingerprint density at radius 2 is 1.71 bits per heavy atom. The summed E-state index contributed by atoms with van der Waals surface area (Å²) in [5, 5.41) is 0. The summed E-state index contributed by atoms with van der Waals surface area (Å²) < 4.78 is 33.8. The van der Waals surface area contributed by atoms with Crippen LogP contribution in [0.2, 0.25) is 0 Å².